The molecule has 114 valence electrons. The van der Waals surface area contributed by atoms with Crippen LogP contribution < -0.4 is 10.5 Å². The monoisotopic (exact) mass is 320 g/mol. The molecule has 0 aliphatic rings. The lowest BCUT2D eigenvalue weighted by Crippen LogP contribution is -2.40. The fourth-order valence-electron chi connectivity index (χ4n) is 1.83. The summed E-state index contributed by atoms with van der Waals surface area (Å²) in [6.07, 6.45) is 1.26. The predicted molar refractivity (Wildman–Crippen MR) is 81.3 cm³/mol. The molecule has 0 radical (unpaired) electrons. The van der Waals surface area contributed by atoms with Gasteiger partial charge in [0.05, 0.1) is 10.6 Å². The molecule has 0 spiro atoms. The van der Waals surface area contributed by atoms with Crippen LogP contribution >= 0.6 is 11.6 Å². The number of nitrogens with one attached hydrogen (secondary N) is 1. The summed E-state index contributed by atoms with van der Waals surface area (Å²) in [4.78, 5) is -0.0745. The Morgan fingerprint density at radius 1 is 1.45 bits per heavy atom. The van der Waals surface area contributed by atoms with E-state index in [1.807, 2.05) is 6.92 Å². The molecule has 0 amide bonds. The van der Waals surface area contributed by atoms with Gasteiger partial charge >= 0.3 is 0 Å². The smallest absolute Gasteiger partial charge is 0.242 e. The third-order valence-electron chi connectivity index (χ3n) is 3.04. The molecule has 0 aromatic heterocycles. The number of benzene rings is 1. The maximum Gasteiger partial charge on any atom is 0.242 e. The van der Waals surface area contributed by atoms with Crippen molar-refractivity contribution in [3.05, 3.63) is 22.7 Å². The normalized spacial score (nSPS) is 15.1. The first-order valence-electron chi connectivity index (χ1n) is 6.37. The van der Waals surface area contributed by atoms with Crippen molar-refractivity contribution in [3.8, 4) is 0 Å². The van der Waals surface area contributed by atoms with Crippen LogP contribution in [0.1, 0.15) is 32.3 Å². The zero-order valence-electron chi connectivity index (χ0n) is 11.9. The molecule has 1 atom stereocenters. The Kier molecular flexibility index (Phi) is 5.43. The van der Waals surface area contributed by atoms with E-state index in [0.29, 0.717) is 17.7 Å². The average molecular weight is 321 g/mol. The van der Waals surface area contributed by atoms with Crippen molar-refractivity contribution in [2.45, 2.75) is 44.1 Å². The maximum atomic E-state index is 12.2. The zero-order chi connectivity index (χ0) is 15.6. The van der Waals surface area contributed by atoms with Crippen molar-refractivity contribution in [2.24, 2.45) is 0 Å². The van der Waals surface area contributed by atoms with Crippen molar-refractivity contribution >= 4 is 27.3 Å². The summed E-state index contributed by atoms with van der Waals surface area (Å²) in [5.41, 5.74) is 5.69. The number of halogens is 1. The van der Waals surface area contributed by atoms with Crippen LogP contribution in [0.5, 0.6) is 0 Å². The number of aliphatic hydroxyl groups is 1. The second kappa shape index (κ2) is 6.30. The van der Waals surface area contributed by atoms with Gasteiger partial charge in [-0.25, -0.2) is 13.1 Å². The van der Waals surface area contributed by atoms with Gasteiger partial charge in [0.15, 0.2) is 0 Å². The highest BCUT2D eigenvalue weighted by atomic mass is 35.5. The number of sulfonamides is 1. The Morgan fingerprint density at radius 2 is 2.05 bits per heavy atom. The standard InChI is InChI=1S/C13H21ClN2O3S/c1-4-5-13(3,17)8-16-20(18,19)12-7-11(15)9(2)6-10(12)14/h6-7,16-17H,4-5,8,15H2,1-3H3. The minimum atomic E-state index is -3.80. The Labute approximate surface area is 125 Å². The Hall–Kier alpha value is -0.820. The van der Waals surface area contributed by atoms with Gasteiger partial charge in [-0.3, -0.25) is 0 Å². The summed E-state index contributed by atoms with van der Waals surface area (Å²) in [7, 11) is -3.80. The Bertz CT molecular complexity index is 586. The molecule has 5 nitrogen and oxygen atoms in total. The van der Waals surface area contributed by atoms with E-state index >= 15 is 0 Å². The minimum absolute atomic E-state index is 0.0745. The number of rotatable bonds is 6. The highest BCUT2D eigenvalue weighted by Crippen LogP contribution is 2.26. The van der Waals surface area contributed by atoms with Crippen molar-refractivity contribution < 1.29 is 13.5 Å². The van der Waals surface area contributed by atoms with Gasteiger partial charge in [0.25, 0.3) is 0 Å². The van der Waals surface area contributed by atoms with Gasteiger partial charge in [-0.05, 0) is 38.0 Å². The van der Waals surface area contributed by atoms with Gasteiger partial charge in [-0.1, -0.05) is 24.9 Å². The van der Waals surface area contributed by atoms with Crippen LogP contribution in [-0.2, 0) is 10.0 Å². The largest absolute Gasteiger partial charge is 0.398 e. The first-order chi connectivity index (χ1) is 9.09. The van der Waals surface area contributed by atoms with Gasteiger partial charge in [0.2, 0.25) is 10.0 Å². The average Bonchev–Trinajstić information content (AvgIpc) is 2.31. The molecule has 0 bridgehead atoms. The first kappa shape index (κ1) is 17.2. The van der Waals surface area contributed by atoms with Crippen LogP contribution in [0, 0.1) is 6.92 Å². The molecule has 1 rings (SSSR count). The number of nitrogen functional groups attached to an aromatic ring is 1. The Balaban J connectivity index is 2.98. The quantitative estimate of drug-likeness (QED) is 0.699. The predicted octanol–water partition coefficient (Wildman–Crippen LogP) is 2.06. The summed E-state index contributed by atoms with van der Waals surface area (Å²) >= 11 is 5.96. The molecule has 1 unspecified atom stereocenters. The van der Waals surface area contributed by atoms with E-state index < -0.39 is 15.6 Å². The number of hydrogen-bond acceptors (Lipinski definition) is 4. The van der Waals surface area contributed by atoms with E-state index in [-0.39, 0.29) is 16.5 Å². The van der Waals surface area contributed by atoms with E-state index in [0.717, 1.165) is 6.42 Å². The topological polar surface area (TPSA) is 92.4 Å². The minimum Gasteiger partial charge on any atom is -0.398 e. The van der Waals surface area contributed by atoms with Gasteiger partial charge in [0.1, 0.15) is 4.90 Å². The third-order valence-corrected chi connectivity index (χ3v) is 4.91. The number of nitrogens with two attached hydrogens (primary N) is 1. The molecule has 4 N–H and O–H groups in total. The summed E-state index contributed by atoms with van der Waals surface area (Å²) in [6.45, 7) is 5.18. The fourth-order valence-corrected chi connectivity index (χ4v) is 3.61. The molecule has 7 heteroatoms. The molecular weight excluding hydrogens is 300 g/mol. The van der Waals surface area contributed by atoms with Crippen molar-refractivity contribution in [3.63, 3.8) is 0 Å². The summed E-state index contributed by atoms with van der Waals surface area (Å²) in [5, 5.41) is 10.1. The van der Waals surface area contributed by atoms with Crippen molar-refractivity contribution in [1.29, 1.82) is 0 Å². The van der Waals surface area contributed by atoms with Crippen LogP contribution in [0.2, 0.25) is 5.02 Å². The molecule has 1 aromatic rings. The van der Waals surface area contributed by atoms with Gasteiger partial charge in [-0.15, -0.1) is 0 Å². The van der Waals surface area contributed by atoms with Gasteiger partial charge in [0, 0.05) is 12.2 Å². The van der Waals surface area contributed by atoms with Crippen LogP contribution in [0.15, 0.2) is 17.0 Å². The van der Waals surface area contributed by atoms with Crippen molar-refractivity contribution in [1.82, 2.24) is 4.72 Å². The van der Waals surface area contributed by atoms with Gasteiger partial charge < -0.3 is 10.8 Å². The first-order valence-corrected chi connectivity index (χ1v) is 8.23. The molecule has 0 heterocycles. The molecule has 0 fully saturated rings. The number of aryl methyl sites for hydroxylation is 1. The molecule has 0 aliphatic heterocycles. The van der Waals surface area contributed by atoms with E-state index in [1.54, 1.807) is 13.8 Å². The van der Waals surface area contributed by atoms with E-state index in [1.165, 1.54) is 12.1 Å². The molecule has 1 aromatic carbocycles. The number of hydrogen-bond donors (Lipinski definition) is 3. The van der Waals surface area contributed by atoms with Gasteiger partial charge in [-0.2, -0.15) is 0 Å². The van der Waals surface area contributed by atoms with Crippen molar-refractivity contribution in [2.75, 3.05) is 12.3 Å². The van der Waals surface area contributed by atoms with Crippen LogP contribution in [0.25, 0.3) is 0 Å². The maximum absolute atomic E-state index is 12.2. The van der Waals surface area contributed by atoms with E-state index in [4.69, 9.17) is 17.3 Å². The molecular formula is C13H21ClN2O3S. The summed E-state index contributed by atoms with van der Waals surface area (Å²) in [5.74, 6) is 0. The fraction of sp³-hybridized carbons (Fsp3) is 0.538. The summed E-state index contributed by atoms with van der Waals surface area (Å²) < 4.78 is 26.8. The molecule has 0 saturated carbocycles. The molecule has 20 heavy (non-hydrogen) atoms. The summed E-state index contributed by atoms with van der Waals surface area (Å²) in [6, 6.07) is 2.84. The van der Waals surface area contributed by atoms with E-state index in [9.17, 15) is 13.5 Å². The lowest BCUT2D eigenvalue weighted by Gasteiger charge is -2.23. The lowest BCUT2D eigenvalue weighted by atomic mass is 10.0. The molecule has 0 saturated heterocycles. The highest BCUT2D eigenvalue weighted by Gasteiger charge is 2.25. The van der Waals surface area contributed by atoms with E-state index in [2.05, 4.69) is 4.72 Å². The zero-order valence-corrected chi connectivity index (χ0v) is 13.5. The Morgan fingerprint density at radius 3 is 2.60 bits per heavy atom. The highest BCUT2D eigenvalue weighted by molar-refractivity contribution is 7.89. The second-order valence-corrected chi connectivity index (χ2v) is 7.35. The second-order valence-electron chi connectivity index (χ2n) is 5.21. The SMILES string of the molecule is CCCC(C)(O)CNS(=O)(=O)c1cc(N)c(C)cc1Cl. The lowest BCUT2D eigenvalue weighted by molar-refractivity contribution is 0.0554. The molecule has 0 aliphatic carbocycles. The third kappa shape index (κ3) is 4.34. The van der Waals surface area contributed by atoms with Crippen LogP contribution in [-0.4, -0.2) is 25.7 Å². The number of anilines is 1. The van der Waals surface area contributed by atoms with Crippen LogP contribution in [0.4, 0.5) is 5.69 Å². The van der Waals surface area contributed by atoms with Crippen LogP contribution in [0.3, 0.4) is 0 Å².